The van der Waals surface area contributed by atoms with E-state index in [0.29, 0.717) is 23.8 Å². The average Bonchev–Trinajstić information content (AvgIpc) is 3.12. The van der Waals surface area contributed by atoms with Gasteiger partial charge >= 0.3 is 0 Å². The lowest BCUT2D eigenvalue weighted by atomic mass is 9.75. The van der Waals surface area contributed by atoms with Gasteiger partial charge in [0, 0.05) is 31.1 Å². The fraction of sp³-hybridized carbons (Fsp3) is 0.417. The van der Waals surface area contributed by atoms with Crippen molar-refractivity contribution in [1.29, 1.82) is 0 Å². The molecule has 1 N–H and O–H groups in total. The molecule has 140 valence electrons. The SMILES string of the molecule is Oc1cccc([C@@H]2CN(C/C=C/c3ccccc3)[C@@H]3C4CCN(CC4)[C@@H]32)c1. The minimum atomic E-state index is 0.391. The number of hydrogen-bond acceptors (Lipinski definition) is 3. The minimum Gasteiger partial charge on any atom is -0.508 e. The Kier molecular flexibility index (Phi) is 4.50. The molecule has 0 radical (unpaired) electrons. The Labute approximate surface area is 161 Å². The van der Waals surface area contributed by atoms with Crippen LogP contribution in [0.3, 0.4) is 0 Å². The molecule has 0 unspecified atom stereocenters. The van der Waals surface area contributed by atoms with E-state index in [-0.39, 0.29) is 0 Å². The molecule has 0 aliphatic carbocycles. The first-order valence-electron chi connectivity index (χ1n) is 10.3. The Balaban J connectivity index is 1.40. The van der Waals surface area contributed by atoms with Crippen LogP contribution >= 0.6 is 0 Å². The third-order valence-electron chi connectivity index (χ3n) is 6.84. The maximum atomic E-state index is 10.00. The Morgan fingerprint density at radius 1 is 0.963 bits per heavy atom. The monoisotopic (exact) mass is 360 g/mol. The van der Waals surface area contributed by atoms with Crippen LogP contribution in [0.1, 0.15) is 29.9 Å². The van der Waals surface area contributed by atoms with Gasteiger partial charge in [-0.1, -0.05) is 54.6 Å². The Morgan fingerprint density at radius 3 is 2.56 bits per heavy atom. The molecule has 0 aromatic heterocycles. The normalized spacial score (nSPS) is 32.8. The Bertz CT molecular complexity index is 810. The number of nitrogens with zero attached hydrogens (tertiary/aromatic N) is 2. The van der Waals surface area contributed by atoms with Crippen LogP contribution in [0, 0.1) is 5.92 Å². The second kappa shape index (κ2) is 7.14. The zero-order chi connectivity index (χ0) is 18.2. The smallest absolute Gasteiger partial charge is 0.115 e. The summed E-state index contributed by atoms with van der Waals surface area (Å²) in [5, 5.41) is 10.00. The quantitative estimate of drug-likeness (QED) is 0.894. The van der Waals surface area contributed by atoms with E-state index in [1.165, 1.54) is 37.1 Å². The van der Waals surface area contributed by atoms with Gasteiger partial charge in [0.15, 0.2) is 0 Å². The van der Waals surface area contributed by atoms with E-state index in [1.54, 1.807) is 6.07 Å². The number of likely N-dealkylation sites (tertiary alicyclic amines) is 1. The van der Waals surface area contributed by atoms with E-state index in [0.717, 1.165) is 19.0 Å². The van der Waals surface area contributed by atoms with Gasteiger partial charge in [-0.3, -0.25) is 9.80 Å². The molecule has 3 atom stereocenters. The number of aromatic hydroxyl groups is 1. The largest absolute Gasteiger partial charge is 0.508 e. The lowest BCUT2D eigenvalue weighted by Gasteiger charge is -2.51. The molecule has 0 amide bonds. The second-order valence-electron chi connectivity index (χ2n) is 8.32. The first-order chi connectivity index (χ1) is 13.3. The fourth-order valence-corrected chi connectivity index (χ4v) is 5.69. The molecule has 4 aliphatic rings. The number of benzene rings is 2. The number of phenolic OH excluding ortho intramolecular Hbond substituents is 1. The van der Waals surface area contributed by atoms with Gasteiger partial charge in [-0.2, -0.15) is 0 Å². The molecule has 0 saturated carbocycles. The van der Waals surface area contributed by atoms with Crippen LogP contribution in [-0.2, 0) is 0 Å². The zero-order valence-electron chi connectivity index (χ0n) is 15.7. The van der Waals surface area contributed by atoms with Gasteiger partial charge in [-0.25, -0.2) is 0 Å². The zero-order valence-corrected chi connectivity index (χ0v) is 15.7. The van der Waals surface area contributed by atoms with Crippen molar-refractivity contribution in [2.75, 3.05) is 26.2 Å². The molecule has 0 spiro atoms. The van der Waals surface area contributed by atoms with Gasteiger partial charge in [0.2, 0.25) is 0 Å². The maximum absolute atomic E-state index is 10.00. The van der Waals surface area contributed by atoms with Crippen molar-refractivity contribution in [3.63, 3.8) is 0 Å². The fourth-order valence-electron chi connectivity index (χ4n) is 5.69. The topological polar surface area (TPSA) is 26.7 Å². The van der Waals surface area contributed by atoms with Crippen molar-refractivity contribution >= 4 is 6.08 Å². The summed E-state index contributed by atoms with van der Waals surface area (Å²) < 4.78 is 0. The van der Waals surface area contributed by atoms with Gasteiger partial charge in [0.1, 0.15) is 5.75 Å². The Morgan fingerprint density at radius 2 is 1.78 bits per heavy atom. The number of phenols is 1. The molecule has 2 aromatic rings. The highest BCUT2D eigenvalue weighted by Gasteiger charge is 2.52. The summed E-state index contributed by atoms with van der Waals surface area (Å²) in [5.74, 6) is 1.71. The molecule has 4 fully saturated rings. The first-order valence-corrected chi connectivity index (χ1v) is 10.3. The predicted molar refractivity (Wildman–Crippen MR) is 110 cm³/mol. The molecule has 4 heterocycles. The van der Waals surface area contributed by atoms with Crippen LogP contribution in [0.4, 0.5) is 0 Å². The highest BCUT2D eigenvalue weighted by molar-refractivity contribution is 5.49. The van der Waals surface area contributed by atoms with E-state index in [1.807, 2.05) is 12.1 Å². The molecule has 2 bridgehead atoms. The van der Waals surface area contributed by atoms with Crippen molar-refractivity contribution in [2.45, 2.75) is 30.8 Å². The summed E-state index contributed by atoms with van der Waals surface area (Å²) in [6.45, 7) is 4.59. The van der Waals surface area contributed by atoms with E-state index in [2.05, 4.69) is 58.4 Å². The van der Waals surface area contributed by atoms with Gasteiger partial charge in [-0.15, -0.1) is 0 Å². The first kappa shape index (κ1) is 17.0. The van der Waals surface area contributed by atoms with Gasteiger partial charge in [0.25, 0.3) is 0 Å². The maximum Gasteiger partial charge on any atom is 0.115 e. The summed E-state index contributed by atoms with van der Waals surface area (Å²) >= 11 is 0. The van der Waals surface area contributed by atoms with Crippen LogP contribution < -0.4 is 0 Å². The van der Waals surface area contributed by atoms with Crippen molar-refractivity contribution in [2.24, 2.45) is 5.92 Å². The van der Waals surface area contributed by atoms with Crippen molar-refractivity contribution in [3.8, 4) is 5.75 Å². The molecule has 27 heavy (non-hydrogen) atoms. The van der Waals surface area contributed by atoms with Crippen LogP contribution in [0.25, 0.3) is 6.08 Å². The third kappa shape index (κ3) is 3.19. The van der Waals surface area contributed by atoms with Crippen LogP contribution in [-0.4, -0.2) is 53.2 Å². The van der Waals surface area contributed by atoms with Crippen molar-refractivity contribution < 1.29 is 5.11 Å². The minimum absolute atomic E-state index is 0.391. The summed E-state index contributed by atoms with van der Waals surface area (Å²) in [5.41, 5.74) is 2.57. The molecular formula is C24H28N2O. The van der Waals surface area contributed by atoms with E-state index >= 15 is 0 Å². The Hall–Kier alpha value is -2.10. The number of fused-ring (bicyclic) bond motifs is 2. The summed E-state index contributed by atoms with van der Waals surface area (Å²) in [6.07, 6.45) is 7.26. The van der Waals surface area contributed by atoms with E-state index < -0.39 is 0 Å². The molecule has 4 aliphatic heterocycles. The average molecular weight is 361 g/mol. The highest BCUT2D eigenvalue weighted by atomic mass is 16.3. The van der Waals surface area contributed by atoms with Crippen molar-refractivity contribution in [3.05, 3.63) is 71.8 Å². The molecule has 3 nitrogen and oxygen atoms in total. The number of hydrogen-bond donors (Lipinski definition) is 1. The standard InChI is InChI=1S/C24H28N2O/c27-21-10-4-9-20(16-21)22-17-26(13-5-8-18-6-2-1-3-7-18)23-19-11-14-25(15-12-19)24(22)23/h1-10,16,19,22-24,27H,11-15,17H2/b8-5+/t22-,23+,24+/m0/s1. The predicted octanol–water partition coefficient (Wildman–Crippen LogP) is 3.97. The summed E-state index contributed by atoms with van der Waals surface area (Å²) in [6, 6.07) is 19.8. The van der Waals surface area contributed by atoms with Crippen LogP contribution in [0.15, 0.2) is 60.7 Å². The van der Waals surface area contributed by atoms with E-state index in [9.17, 15) is 5.11 Å². The molecule has 3 heteroatoms. The molecular weight excluding hydrogens is 332 g/mol. The summed E-state index contributed by atoms with van der Waals surface area (Å²) in [7, 11) is 0. The third-order valence-corrected chi connectivity index (χ3v) is 6.84. The lowest BCUT2D eigenvalue weighted by Crippen LogP contribution is -2.60. The van der Waals surface area contributed by atoms with Crippen LogP contribution in [0.5, 0.6) is 5.75 Å². The van der Waals surface area contributed by atoms with E-state index in [4.69, 9.17) is 0 Å². The molecule has 2 aromatic carbocycles. The van der Waals surface area contributed by atoms with Crippen LogP contribution in [0.2, 0.25) is 0 Å². The van der Waals surface area contributed by atoms with Crippen molar-refractivity contribution in [1.82, 2.24) is 9.80 Å². The molecule has 6 rings (SSSR count). The van der Waals surface area contributed by atoms with Gasteiger partial charge in [0.05, 0.1) is 0 Å². The lowest BCUT2D eigenvalue weighted by molar-refractivity contribution is -0.00348. The number of rotatable bonds is 4. The van der Waals surface area contributed by atoms with Gasteiger partial charge < -0.3 is 5.11 Å². The summed E-state index contributed by atoms with van der Waals surface area (Å²) in [4.78, 5) is 5.43. The second-order valence-corrected chi connectivity index (χ2v) is 8.32. The number of piperidine rings is 3. The molecule has 4 saturated heterocycles. The highest BCUT2D eigenvalue weighted by Crippen LogP contribution is 2.46. The van der Waals surface area contributed by atoms with Gasteiger partial charge in [-0.05, 0) is 55.1 Å².